The van der Waals surface area contributed by atoms with Gasteiger partial charge in [-0.3, -0.25) is 0 Å². The van der Waals surface area contributed by atoms with Gasteiger partial charge in [-0.05, 0) is 66.7 Å². The van der Waals surface area contributed by atoms with Crippen molar-refractivity contribution in [3.8, 4) is 0 Å². The molecule has 1 heterocycles. The lowest BCUT2D eigenvalue weighted by molar-refractivity contribution is -0.0247. The Morgan fingerprint density at radius 2 is 0.903 bits per heavy atom. The average Bonchev–Trinajstić information content (AvgIpc) is 3.11. The molecule has 0 amide bonds. The summed E-state index contributed by atoms with van der Waals surface area (Å²) in [4.78, 5) is 28.4. The van der Waals surface area contributed by atoms with E-state index in [2.05, 4.69) is 0 Å². The highest BCUT2D eigenvalue weighted by atomic mass is 28.5. The fraction of sp³-hybridized carbons (Fsp3) is 1.00. The summed E-state index contributed by atoms with van der Waals surface area (Å²) in [5.74, 6) is 0. The maximum atomic E-state index is 9.63. The van der Waals surface area contributed by atoms with Crippen LogP contribution in [0.15, 0.2) is 0 Å². The molecule has 0 radical (unpaired) electrons. The topological polar surface area (TPSA) is 125 Å². The SMILES string of the molecule is C1CCOC1.CCO[Si](OCC)(OCC)OCC.C[Si](C)(O)O[Si](C)(O)O[Si](C)(C)O. The van der Waals surface area contributed by atoms with E-state index < -0.39 is 35.0 Å². The molecule has 0 bridgehead atoms. The summed E-state index contributed by atoms with van der Waals surface area (Å²) >= 11 is 0. The summed E-state index contributed by atoms with van der Waals surface area (Å²) in [6.07, 6.45) is 2.56. The molecule has 1 aliphatic rings. The van der Waals surface area contributed by atoms with Crippen LogP contribution in [0.2, 0.25) is 32.7 Å². The second-order valence-electron chi connectivity index (χ2n) is 7.55. The van der Waals surface area contributed by atoms with Crippen molar-refractivity contribution in [1.82, 2.24) is 0 Å². The van der Waals surface area contributed by atoms with E-state index in [0.29, 0.717) is 26.4 Å². The van der Waals surface area contributed by atoms with Crippen molar-refractivity contribution in [2.24, 2.45) is 0 Å². The first-order valence-electron chi connectivity index (χ1n) is 10.9. The number of rotatable bonds is 12. The van der Waals surface area contributed by atoms with Gasteiger partial charge in [0.25, 0.3) is 0 Å². The molecule has 0 atom stereocenters. The van der Waals surface area contributed by atoms with Gasteiger partial charge in [0.05, 0.1) is 0 Å². The van der Waals surface area contributed by atoms with E-state index >= 15 is 0 Å². The standard InChI is InChI=1S/C8H20O4Si.C5H18O5Si3.C4H8O/c1-5-9-13(10-6-2,11-7-3)12-8-4;1-11(2,6)9-13(5,8)10-12(3,4)7;1-2-4-5-3-1/h5-8H2,1-4H3;6-8H,1-5H3;1-4H2. The van der Waals surface area contributed by atoms with Gasteiger partial charge in [0.2, 0.25) is 0 Å². The van der Waals surface area contributed by atoms with E-state index in [-0.39, 0.29) is 0 Å². The Labute approximate surface area is 193 Å². The minimum absolute atomic E-state index is 0.548. The van der Waals surface area contributed by atoms with Crippen LogP contribution in [-0.2, 0) is 30.7 Å². The lowest BCUT2D eigenvalue weighted by atomic mass is 10.4. The third kappa shape index (κ3) is 22.0. The minimum atomic E-state index is -3.35. The van der Waals surface area contributed by atoms with E-state index in [9.17, 15) is 14.4 Å². The second kappa shape index (κ2) is 17.0. The summed E-state index contributed by atoms with van der Waals surface area (Å²) in [7, 11) is -11.7. The Morgan fingerprint density at radius 1 is 0.613 bits per heavy atom. The largest absolute Gasteiger partial charge is 0.679 e. The molecule has 1 rings (SSSR count). The highest BCUT2D eigenvalue weighted by Crippen LogP contribution is 2.15. The fourth-order valence-electron chi connectivity index (χ4n) is 2.42. The van der Waals surface area contributed by atoms with Crippen molar-refractivity contribution in [1.29, 1.82) is 0 Å². The maximum Gasteiger partial charge on any atom is 0.679 e. The van der Waals surface area contributed by atoms with Crippen molar-refractivity contribution in [3.05, 3.63) is 0 Å². The third-order valence-electron chi connectivity index (χ3n) is 2.99. The lowest BCUT2D eigenvalue weighted by Crippen LogP contribution is -2.54. The molecule has 14 heteroatoms. The predicted molar refractivity (Wildman–Crippen MR) is 128 cm³/mol. The van der Waals surface area contributed by atoms with Crippen LogP contribution in [0.4, 0.5) is 0 Å². The molecular formula is C17H46O10Si4. The van der Waals surface area contributed by atoms with Gasteiger partial charge >= 0.3 is 35.0 Å². The Bertz CT molecular complexity index is 371. The average molecular weight is 523 g/mol. The molecular weight excluding hydrogens is 477 g/mol. The van der Waals surface area contributed by atoms with Gasteiger partial charge < -0.3 is 45.1 Å². The Kier molecular flexibility index (Phi) is 18.4. The van der Waals surface area contributed by atoms with Gasteiger partial charge in [0, 0.05) is 46.2 Å². The Morgan fingerprint density at radius 3 is 1.06 bits per heavy atom. The van der Waals surface area contributed by atoms with Crippen LogP contribution in [-0.4, -0.2) is 89.0 Å². The highest BCUT2D eigenvalue weighted by molar-refractivity contribution is 6.80. The van der Waals surface area contributed by atoms with Crippen molar-refractivity contribution in [2.45, 2.75) is 73.3 Å². The first kappa shape index (κ1) is 33.6. The van der Waals surface area contributed by atoms with Gasteiger partial charge in [0.1, 0.15) is 0 Å². The van der Waals surface area contributed by atoms with Gasteiger partial charge in [-0.15, -0.1) is 0 Å². The summed E-state index contributed by atoms with van der Waals surface area (Å²) < 4.78 is 36.7. The predicted octanol–water partition coefficient (Wildman–Crippen LogP) is 2.33. The summed E-state index contributed by atoms with van der Waals surface area (Å²) in [5, 5.41) is 0. The van der Waals surface area contributed by atoms with E-state index in [1.807, 2.05) is 27.7 Å². The fourth-order valence-corrected chi connectivity index (χ4v) is 12.3. The minimum Gasteiger partial charge on any atom is -0.411 e. The van der Waals surface area contributed by atoms with Crippen LogP contribution < -0.4 is 0 Å². The summed E-state index contributed by atoms with van der Waals surface area (Å²) in [6.45, 7) is 19.3. The van der Waals surface area contributed by atoms with Crippen LogP contribution in [0.1, 0.15) is 40.5 Å². The lowest BCUT2D eigenvalue weighted by Gasteiger charge is -2.30. The number of hydrogen-bond acceptors (Lipinski definition) is 10. The molecule has 31 heavy (non-hydrogen) atoms. The van der Waals surface area contributed by atoms with Crippen molar-refractivity contribution in [2.75, 3.05) is 39.6 Å². The van der Waals surface area contributed by atoms with Gasteiger partial charge in [-0.1, -0.05) is 0 Å². The van der Waals surface area contributed by atoms with Crippen LogP contribution in [0.3, 0.4) is 0 Å². The van der Waals surface area contributed by atoms with Gasteiger partial charge in [-0.2, -0.15) is 0 Å². The quantitative estimate of drug-likeness (QED) is 0.329. The first-order valence-corrected chi connectivity index (χ1v) is 20.5. The third-order valence-corrected chi connectivity index (χ3v) is 12.6. The molecule has 0 aliphatic carbocycles. The molecule has 190 valence electrons. The summed E-state index contributed by atoms with van der Waals surface area (Å²) in [6, 6.07) is 0. The second-order valence-corrected chi connectivity index (χ2v) is 18.9. The van der Waals surface area contributed by atoms with E-state index in [1.54, 1.807) is 0 Å². The molecule has 0 spiro atoms. The molecule has 1 aliphatic heterocycles. The zero-order valence-electron chi connectivity index (χ0n) is 20.9. The zero-order chi connectivity index (χ0) is 24.6. The Balaban J connectivity index is 0. The molecule has 1 fully saturated rings. The summed E-state index contributed by atoms with van der Waals surface area (Å²) in [5.41, 5.74) is 0. The van der Waals surface area contributed by atoms with Crippen LogP contribution in [0.25, 0.3) is 0 Å². The zero-order valence-corrected chi connectivity index (χ0v) is 24.9. The molecule has 0 aromatic rings. The smallest absolute Gasteiger partial charge is 0.411 e. The monoisotopic (exact) mass is 522 g/mol. The molecule has 0 aromatic heterocycles. The van der Waals surface area contributed by atoms with Crippen molar-refractivity contribution in [3.63, 3.8) is 0 Å². The van der Waals surface area contributed by atoms with E-state index in [0.717, 1.165) is 13.2 Å². The molecule has 0 saturated carbocycles. The van der Waals surface area contributed by atoms with Gasteiger partial charge in [-0.25, -0.2) is 0 Å². The van der Waals surface area contributed by atoms with Crippen LogP contribution >= 0.6 is 0 Å². The molecule has 1 saturated heterocycles. The van der Waals surface area contributed by atoms with Crippen LogP contribution in [0.5, 0.6) is 0 Å². The molecule has 0 aromatic carbocycles. The molecule has 3 N–H and O–H groups in total. The number of hydrogen-bond donors (Lipinski definition) is 3. The Hall–Kier alpha value is 0.468. The van der Waals surface area contributed by atoms with Crippen molar-refractivity contribution < 1.29 is 45.1 Å². The normalized spacial score (nSPS) is 15.1. The highest BCUT2D eigenvalue weighted by Gasteiger charge is 2.44. The number of ether oxygens (including phenoxy) is 1. The first-order chi connectivity index (χ1) is 14.2. The molecule has 0 unspecified atom stereocenters. The van der Waals surface area contributed by atoms with Crippen LogP contribution in [0, 0.1) is 0 Å². The maximum absolute atomic E-state index is 9.63. The van der Waals surface area contributed by atoms with Crippen molar-refractivity contribution >= 4 is 35.0 Å². The molecule has 10 nitrogen and oxygen atoms in total. The van der Waals surface area contributed by atoms with Gasteiger partial charge in [0.15, 0.2) is 0 Å². The van der Waals surface area contributed by atoms with E-state index in [4.69, 9.17) is 30.7 Å². The van der Waals surface area contributed by atoms with E-state index in [1.165, 1.54) is 45.6 Å².